The van der Waals surface area contributed by atoms with Crippen LogP contribution >= 0.6 is 0 Å². The van der Waals surface area contributed by atoms with Crippen LogP contribution in [0.2, 0.25) is 0 Å². The molecule has 1 aliphatic rings. The second-order valence-electron chi connectivity index (χ2n) is 5.75. The first-order valence-corrected chi connectivity index (χ1v) is 9.03. The van der Waals surface area contributed by atoms with Crippen LogP contribution in [0.1, 0.15) is 17.0 Å². The van der Waals surface area contributed by atoms with E-state index < -0.39 is 33.3 Å². The summed E-state index contributed by atoms with van der Waals surface area (Å²) < 4.78 is 70.5. The largest absolute Gasteiger partial charge is 0.534 e. The summed E-state index contributed by atoms with van der Waals surface area (Å²) in [7, 11) is -3.12. The smallest absolute Gasteiger partial charge is 0.468 e. The molecular weight excluding hydrogens is 387 g/mol. The first-order valence-electron chi connectivity index (χ1n) is 7.62. The number of hydrogen-bond donors (Lipinski definition) is 0. The van der Waals surface area contributed by atoms with E-state index in [1.54, 1.807) is 42.3 Å². The van der Waals surface area contributed by atoms with Crippen molar-refractivity contribution in [2.45, 2.75) is 11.4 Å². The zero-order chi connectivity index (χ0) is 20.0. The molecule has 1 unspecified atom stereocenters. The summed E-state index contributed by atoms with van der Waals surface area (Å²) in [6.45, 7) is 0. The summed E-state index contributed by atoms with van der Waals surface area (Å²) in [5.74, 6) is -2.48. The van der Waals surface area contributed by atoms with Crippen LogP contribution in [0.4, 0.5) is 24.5 Å². The van der Waals surface area contributed by atoms with Crippen LogP contribution < -0.4 is 9.08 Å². The predicted octanol–water partition coefficient (Wildman–Crippen LogP) is 3.30. The maximum Gasteiger partial charge on any atom is 0.534 e. The van der Waals surface area contributed by atoms with E-state index in [-0.39, 0.29) is 5.56 Å². The Labute approximate surface area is 153 Å². The molecule has 0 saturated heterocycles. The van der Waals surface area contributed by atoms with Crippen LogP contribution in [0.5, 0.6) is 5.75 Å². The van der Waals surface area contributed by atoms with E-state index in [1.165, 1.54) is 6.07 Å². The molecule has 0 amide bonds. The lowest BCUT2D eigenvalue weighted by molar-refractivity contribution is -0.141. The van der Waals surface area contributed by atoms with E-state index in [9.17, 15) is 26.4 Å². The molecule has 0 aromatic heterocycles. The lowest BCUT2D eigenvalue weighted by atomic mass is 9.84. The summed E-state index contributed by atoms with van der Waals surface area (Å²) in [6.07, 6.45) is 0. The highest BCUT2D eigenvalue weighted by atomic mass is 32.2. The number of anilines is 2. The molecule has 0 radical (unpaired) electrons. The molecule has 2 aromatic rings. The fourth-order valence-electron chi connectivity index (χ4n) is 3.04. The van der Waals surface area contributed by atoms with Gasteiger partial charge in [-0.05, 0) is 23.8 Å². The van der Waals surface area contributed by atoms with E-state index >= 15 is 0 Å². The summed E-state index contributed by atoms with van der Waals surface area (Å²) in [6, 6.07) is 10.7. The molecule has 2 aromatic carbocycles. The third-order valence-electron chi connectivity index (χ3n) is 4.22. The Balaban J connectivity index is 2.24. The van der Waals surface area contributed by atoms with Gasteiger partial charge in [0.05, 0.1) is 7.11 Å². The van der Waals surface area contributed by atoms with Gasteiger partial charge in [0.1, 0.15) is 11.7 Å². The second-order valence-corrected chi connectivity index (χ2v) is 7.28. The lowest BCUT2D eigenvalue weighted by Gasteiger charge is -2.34. The third kappa shape index (κ3) is 3.09. The number of nitrogens with zero attached hydrogens (tertiary/aromatic N) is 1. The quantitative estimate of drug-likeness (QED) is 0.446. The van der Waals surface area contributed by atoms with Crippen LogP contribution in [0.3, 0.4) is 0 Å². The number of fused-ring (bicyclic) bond motifs is 2. The minimum atomic E-state index is -5.91. The molecule has 1 atom stereocenters. The van der Waals surface area contributed by atoms with Crippen molar-refractivity contribution in [3.63, 3.8) is 0 Å². The molecule has 6 nitrogen and oxygen atoms in total. The second kappa shape index (κ2) is 6.45. The molecule has 0 bridgehead atoms. The summed E-state index contributed by atoms with van der Waals surface area (Å²) in [4.78, 5) is 14.1. The van der Waals surface area contributed by atoms with Gasteiger partial charge < -0.3 is 13.8 Å². The first-order chi connectivity index (χ1) is 12.6. The molecule has 0 saturated carbocycles. The Morgan fingerprint density at radius 1 is 1.07 bits per heavy atom. The van der Waals surface area contributed by atoms with Crippen LogP contribution in [0.15, 0.2) is 42.5 Å². The number of alkyl halides is 3. The maximum absolute atomic E-state index is 12.8. The van der Waals surface area contributed by atoms with Gasteiger partial charge in [-0.15, -0.1) is 0 Å². The summed E-state index contributed by atoms with van der Waals surface area (Å²) in [5.41, 5.74) is -4.19. The number of carbonyl (C=O) groups is 1. The van der Waals surface area contributed by atoms with E-state index in [0.717, 1.165) is 13.2 Å². The van der Waals surface area contributed by atoms with Gasteiger partial charge in [-0.2, -0.15) is 21.6 Å². The van der Waals surface area contributed by atoms with Crippen molar-refractivity contribution in [3.05, 3.63) is 53.6 Å². The Morgan fingerprint density at radius 2 is 1.70 bits per heavy atom. The minimum absolute atomic E-state index is 0.0154. The van der Waals surface area contributed by atoms with Crippen molar-refractivity contribution >= 4 is 27.5 Å². The van der Waals surface area contributed by atoms with Gasteiger partial charge in [-0.25, -0.2) is 0 Å². The fourth-order valence-corrected chi connectivity index (χ4v) is 3.51. The number of methoxy groups -OCH3 is 1. The molecule has 27 heavy (non-hydrogen) atoms. The number of para-hydroxylation sites is 1. The van der Waals surface area contributed by atoms with Gasteiger partial charge in [0.2, 0.25) is 0 Å². The highest BCUT2D eigenvalue weighted by Crippen LogP contribution is 2.49. The van der Waals surface area contributed by atoms with Crippen LogP contribution in [0, 0.1) is 0 Å². The number of halogens is 3. The number of hydrogen-bond acceptors (Lipinski definition) is 6. The molecule has 10 heteroatoms. The highest BCUT2D eigenvalue weighted by molar-refractivity contribution is 7.88. The number of ether oxygens (including phenoxy) is 1. The Morgan fingerprint density at radius 3 is 2.33 bits per heavy atom. The summed E-state index contributed by atoms with van der Waals surface area (Å²) >= 11 is 0. The normalized spacial score (nSPS) is 16.3. The molecule has 1 aliphatic heterocycles. The van der Waals surface area contributed by atoms with E-state index in [0.29, 0.717) is 16.9 Å². The first kappa shape index (κ1) is 19.0. The van der Waals surface area contributed by atoms with Gasteiger partial charge >= 0.3 is 21.6 Å². The zero-order valence-electron chi connectivity index (χ0n) is 14.1. The molecular formula is C17H14F3NO5S. The average molecular weight is 401 g/mol. The van der Waals surface area contributed by atoms with Crippen molar-refractivity contribution in [2.24, 2.45) is 0 Å². The molecule has 144 valence electrons. The van der Waals surface area contributed by atoms with Crippen LogP contribution in [-0.4, -0.2) is 34.1 Å². The standard InChI is InChI=1S/C17H14F3NO5S/c1-21-11-7-4-3-6-10(11)14(16(22)25-2)15-12(21)8-5-9-13(15)26-27(23,24)17(18,19)20/h3-9,14H,1-2H3. The van der Waals surface area contributed by atoms with Crippen molar-refractivity contribution in [2.75, 3.05) is 19.1 Å². The van der Waals surface area contributed by atoms with E-state index in [4.69, 9.17) is 4.74 Å². The van der Waals surface area contributed by atoms with Crippen LogP contribution in [-0.2, 0) is 19.6 Å². The van der Waals surface area contributed by atoms with Gasteiger partial charge in [0.25, 0.3) is 0 Å². The Bertz CT molecular complexity index is 1000. The van der Waals surface area contributed by atoms with Gasteiger partial charge in [-0.1, -0.05) is 24.3 Å². The molecule has 0 fully saturated rings. The fraction of sp³-hybridized carbons (Fsp3) is 0.235. The molecule has 0 N–H and O–H groups in total. The van der Waals surface area contributed by atoms with Crippen molar-refractivity contribution in [1.82, 2.24) is 0 Å². The summed E-state index contributed by atoms with van der Waals surface area (Å²) in [5, 5.41) is 0. The number of rotatable bonds is 3. The molecule has 0 spiro atoms. The number of esters is 1. The zero-order valence-corrected chi connectivity index (χ0v) is 15.0. The highest BCUT2D eigenvalue weighted by Gasteiger charge is 2.49. The van der Waals surface area contributed by atoms with Gasteiger partial charge in [-0.3, -0.25) is 4.79 Å². The van der Waals surface area contributed by atoms with Gasteiger partial charge in [0.15, 0.2) is 0 Å². The Kier molecular flexibility index (Phi) is 4.54. The minimum Gasteiger partial charge on any atom is -0.468 e. The lowest BCUT2D eigenvalue weighted by Crippen LogP contribution is -2.31. The van der Waals surface area contributed by atoms with Gasteiger partial charge in [0, 0.05) is 24.0 Å². The van der Waals surface area contributed by atoms with E-state index in [1.807, 2.05) is 0 Å². The van der Waals surface area contributed by atoms with Crippen molar-refractivity contribution < 1.29 is 35.3 Å². The monoisotopic (exact) mass is 401 g/mol. The SMILES string of the molecule is COC(=O)C1c2ccccc2N(C)c2cccc(OS(=O)(=O)C(F)(F)F)c21. The molecule has 0 aliphatic carbocycles. The number of carbonyl (C=O) groups excluding carboxylic acids is 1. The van der Waals surface area contributed by atoms with E-state index in [2.05, 4.69) is 4.18 Å². The molecule has 1 heterocycles. The molecule has 3 rings (SSSR count). The maximum atomic E-state index is 12.8. The van der Waals surface area contributed by atoms with Crippen molar-refractivity contribution in [1.29, 1.82) is 0 Å². The van der Waals surface area contributed by atoms with Crippen molar-refractivity contribution in [3.8, 4) is 5.75 Å². The average Bonchev–Trinajstić information content (AvgIpc) is 2.61. The topological polar surface area (TPSA) is 72.9 Å². The Hall–Kier alpha value is -2.75. The van der Waals surface area contributed by atoms with Crippen LogP contribution in [0.25, 0.3) is 0 Å². The third-order valence-corrected chi connectivity index (χ3v) is 5.19. The number of benzene rings is 2. The predicted molar refractivity (Wildman–Crippen MR) is 90.4 cm³/mol.